The molecule has 1 aromatic carbocycles. The van der Waals surface area contributed by atoms with E-state index in [1.54, 1.807) is 11.0 Å². The van der Waals surface area contributed by atoms with Gasteiger partial charge in [0, 0.05) is 19.1 Å². The van der Waals surface area contributed by atoms with Crippen molar-refractivity contribution >= 4 is 5.91 Å². The average molecular weight is 340 g/mol. The van der Waals surface area contributed by atoms with Crippen molar-refractivity contribution < 1.29 is 18.0 Å². The third kappa shape index (κ3) is 4.09. The van der Waals surface area contributed by atoms with E-state index in [0.717, 1.165) is 31.6 Å². The van der Waals surface area contributed by atoms with Crippen molar-refractivity contribution in [2.45, 2.75) is 44.3 Å². The Morgan fingerprint density at radius 2 is 1.88 bits per heavy atom. The molecule has 0 unspecified atom stereocenters. The summed E-state index contributed by atoms with van der Waals surface area (Å²) in [6.45, 7) is 3.61. The van der Waals surface area contributed by atoms with E-state index in [1.165, 1.54) is 25.3 Å². The number of halogens is 3. The van der Waals surface area contributed by atoms with Crippen LogP contribution in [-0.2, 0) is 17.4 Å². The first-order chi connectivity index (χ1) is 11.4. The zero-order valence-corrected chi connectivity index (χ0v) is 13.7. The highest BCUT2D eigenvalue weighted by Gasteiger charge is 2.32. The highest BCUT2D eigenvalue weighted by molar-refractivity contribution is 5.79. The number of rotatable bonds is 3. The molecule has 0 bridgehead atoms. The fraction of sp³-hybridized carbons (Fsp3) is 0.611. The fourth-order valence-electron chi connectivity index (χ4n) is 3.69. The summed E-state index contributed by atoms with van der Waals surface area (Å²) in [5.74, 6) is -0.0752. The van der Waals surface area contributed by atoms with E-state index >= 15 is 0 Å². The molecule has 1 atom stereocenters. The number of nitrogens with zero attached hydrogens (tertiary/aromatic N) is 2. The van der Waals surface area contributed by atoms with Crippen LogP contribution < -0.4 is 0 Å². The van der Waals surface area contributed by atoms with Crippen molar-refractivity contribution in [1.82, 2.24) is 9.80 Å². The molecule has 3 nitrogen and oxygen atoms in total. The Labute approximate surface area is 140 Å². The second-order valence-corrected chi connectivity index (χ2v) is 6.75. The van der Waals surface area contributed by atoms with Gasteiger partial charge in [0.25, 0.3) is 0 Å². The van der Waals surface area contributed by atoms with E-state index in [9.17, 15) is 18.0 Å². The molecule has 1 aromatic rings. The first kappa shape index (κ1) is 17.3. The largest absolute Gasteiger partial charge is 0.416 e. The van der Waals surface area contributed by atoms with Gasteiger partial charge in [-0.2, -0.15) is 13.2 Å². The molecule has 2 aliphatic rings. The molecule has 2 aliphatic heterocycles. The summed E-state index contributed by atoms with van der Waals surface area (Å²) in [5.41, 5.74) is -0.267. The minimum absolute atomic E-state index is 0.0383. The van der Waals surface area contributed by atoms with Crippen molar-refractivity contribution in [1.29, 1.82) is 0 Å². The summed E-state index contributed by atoms with van der Waals surface area (Å²) in [5, 5.41) is 0. The van der Waals surface area contributed by atoms with Gasteiger partial charge in [0.1, 0.15) is 0 Å². The molecule has 0 N–H and O–H groups in total. The number of alkyl halides is 3. The number of hydrogen-bond acceptors (Lipinski definition) is 2. The molecule has 6 heteroatoms. The summed E-state index contributed by atoms with van der Waals surface area (Å²) >= 11 is 0. The van der Waals surface area contributed by atoms with Gasteiger partial charge in [-0.05, 0) is 44.0 Å². The first-order valence-corrected chi connectivity index (χ1v) is 8.61. The molecular formula is C18H23F3N2O. The van der Waals surface area contributed by atoms with Gasteiger partial charge in [-0.15, -0.1) is 0 Å². The SMILES string of the molecule is O=C(Cc1cccc(C(F)(F)F)c1)N1CC[C@H](N2CCCCC2)C1. The van der Waals surface area contributed by atoms with Crippen molar-refractivity contribution in [3.05, 3.63) is 35.4 Å². The molecule has 2 fully saturated rings. The summed E-state index contributed by atoms with van der Waals surface area (Å²) in [4.78, 5) is 16.7. The summed E-state index contributed by atoms with van der Waals surface area (Å²) in [6, 6.07) is 5.49. The maximum Gasteiger partial charge on any atom is 0.416 e. The molecule has 0 aromatic heterocycles. The van der Waals surface area contributed by atoms with Crippen molar-refractivity contribution in [3.63, 3.8) is 0 Å². The van der Waals surface area contributed by atoms with Crippen LogP contribution in [-0.4, -0.2) is 47.9 Å². The van der Waals surface area contributed by atoms with Crippen LogP contribution >= 0.6 is 0 Å². The molecule has 0 aliphatic carbocycles. The maximum absolute atomic E-state index is 12.8. The van der Waals surface area contributed by atoms with Gasteiger partial charge in [0.2, 0.25) is 5.91 Å². The second-order valence-electron chi connectivity index (χ2n) is 6.75. The highest BCUT2D eigenvalue weighted by atomic mass is 19.4. The zero-order valence-electron chi connectivity index (χ0n) is 13.7. The number of hydrogen-bond donors (Lipinski definition) is 0. The van der Waals surface area contributed by atoms with Gasteiger partial charge in [0.15, 0.2) is 0 Å². The average Bonchev–Trinajstić information content (AvgIpc) is 3.05. The van der Waals surface area contributed by atoms with E-state index < -0.39 is 11.7 Å². The minimum Gasteiger partial charge on any atom is -0.341 e. The van der Waals surface area contributed by atoms with Gasteiger partial charge in [-0.1, -0.05) is 24.6 Å². The van der Waals surface area contributed by atoms with E-state index in [0.29, 0.717) is 24.7 Å². The van der Waals surface area contributed by atoms with E-state index in [1.807, 2.05) is 0 Å². The monoisotopic (exact) mass is 340 g/mol. The van der Waals surface area contributed by atoms with Crippen molar-refractivity contribution in [3.8, 4) is 0 Å². The molecule has 0 saturated carbocycles. The normalized spacial score (nSPS) is 22.8. The topological polar surface area (TPSA) is 23.6 Å². The Morgan fingerprint density at radius 1 is 1.12 bits per heavy atom. The van der Waals surface area contributed by atoms with Crippen LogP contribution in [0.2, 0.25) is 0 Å². The Hall–Kier alpha value is -1.56. The molecule has 24 heavy (non-hydrogen) atoms. The van der Waals surface area contributed by atoms with Gasteiger partial charge in [-0.25, -0.2) is 0 Å². The predicted molar refractivity (Wildman–Crippen MR) is 85.6 cm³/mol. The van der Waals surface area contributed by atoms with Crippen LogP contribution in [0.4, 0.5) is 13.2 Å². The third-order valence-electron chi connectivity index (χ3n) is 5.03. The lowest BCUT2D eigenvalue weighted by Gasteiger charge is -2.32. The standard InChI is InChI=1S/C18H23F3N2O/c19-18(20,21)15-6-4-5-14(11-15)12-17(24)23-10-7-16(13-23)22-8-2-1-3-9-22/h4-6,11,16H,1-3,7-10,12-13H2/t16-/m0/s1. The smallest absolute Gasteiger partial charge is 0.341 e. The lowest BCUT2D eigenvalue weighted by atomic mass is 10.1. The van der Waals surface area contributed by atoms with Gasteiger partial charge in [0.05, 0.1) is 12.0 Å². The van der Waals surface area contributed by atoms with Crippen LogP contribution in [0, 0.1) is 0 Å². The van der Waals surface area contributed by atoms with Gasteiger partial charge in [-0.3, -0.25) is 9.69 Å². The quantitative estimate of drug-likeness (QED) is 0.843. The molecule has 132 valence electrons. The molecule has 0 radical (unpaired) electrons. The minimum atomic E-state index is -4.37. The maximum atomic E-state index is 12.8. The van der Waals surface area contributed by atoms with Crippen LogP contribution in [0.25, 0.3) is 0 Å². The third-order valence-corrected chi connectivity index (χ3v) is 5.03. The summed E-state index contributed by atoms with van der Waals surface area (Å²) in [7, 11) is 0. The molecule has 2 saturated heterocycles. The number of carbonyl (C=O) groups is 1. The molecule has 2 heterocycles. The molecule has 0 spiro atoms. The van der Waals surface area contributed by atoms with E-state index in [-0.39, 0.29) is 12.3 Å². The molecular weight excluding hydrogens is 317 g/mol. The highest BCUT2D eigenvalue weighted by Crippen LogP contribution is 2.30. The van der Waals surface area contributed by atoms with Crippen LogP contribution in [0.1, 0.15) is 36.8 Å². The van der Waals surface area contributed by atoms with E-state index in [4.69, 9.17) is 0 Å². The van der Waals surface area contributed by atoms with Crippen molar-refractivity contribution in [2.24, 2.45) is 0 Å². The van der Waals surface area contributed by atoms with Gasteiger partial charge >= 0.3 is 6.18 Å². The number of piperidine rings is 1. The van der Waals surface area contributed by atoms with E-state index in [2.05, 4.69) is 4.90 Å². The Bertz CT molecular complexity index is 582. The van der Waals surface area contributed by atoms with Crippen LogP contribution in [0.3, 0.4) is 0 Å². The number of benzene rings is 1. The Morgan fingerprint density at radius 3 is 2.58 bits per heavy atom. The lowest BCUT2D eigenvalue weighted by molar-refractivity contribution is -0.138. The fourth-order valence-corrected chi connectivity index (χ4v) is 3.69. The first-order valence-electron chi connectivity index (χ1n) is 8.61. The van der Waals surface area contributed by atoms with Gasteiger partial charge < -0.3 is 4.90 Å². The summed E-state index contributed by atoms with van der Waals surface area (Å²) in [6.07, 6.45) is 0.349. The van der Waals surface area contributed by atoms with Crippen LogP contribution in [0.5, 0.6) is 0 Å². The molecule has 1 amide bonds. The number of amides is 1. The summed E-state index contributed by atoms with van der Waals surface area (Å²) < 4.78 is 38.3. The second kappa shape index (κ2) is 7.13. The number of carbonyl (C=O) groups excluding carboxylic acids is 1. The van der Waals surface area contributed by atoms with Crippen molar-refractivity contribution in [2.75, 3.05) is 26.2 Å². The number of likely N-dealkylation sites (tertiary alicyclic amines) is 2. The lowest BCUT2D eigenvalue weighted by Crippen LogP contribution is -2.41. The Balaban J connectivity index is 1.58. The zero-order chi connectivity index (χ0) is 17.2. The Kier molecular flexibility index (Phi) is 5.13. The van der Waals surface area contributed by atoms with Crippen LogP contribution in [0.15, 0.2) is 24.3 Å². The predicted octanol–water partition coefficient (Wildman–Crippen LogP) is 3.33. The molecule has 3 rings (SSSR count).